The number of nitrogens with one attached hydrogen (secondary N) is 2. The molecule has 3 aliphatic rings. The van der Waals surface area contributed by atoms with Crippen molar-refractivity contribution in [2.24, 2.45) is 14.1 Å². The quantitative estimate of drug-likeness (QED) is 0.0304. The molecule has 1 fully saturated rings. The molecule has 1 saturated heterocycles. The molecule has 3 N–H and O–H groups in total. The number of hydrogen-bond donors (Lipinski definition) is 3. The first-order valence-electron chi connectivity index (χ1n) is 37.3. The van der Waals surface area contributed by atoms with Crippen molar-refractivity contribution in [3.05, 3.63) is 153 Å². The summed E-state index contributed by atoms with van der Waals surface area (Å²) in [5.74, 6) is 0.740. The molecule has 0 saturated carbocycles. The van der Waals surface area contributed by atoms with E-state index >= 15 is 0 Å². The Balaban J connectivity index is 0.000000219. The summed E-state index contributed by atoms with van der Waals surface area (Å²) in [6.07, 6.45) is 4.51. The Morgan fingerprint density at radius 1 is 0.600 bits per heavy atom. The molecule has 0 spiro atoms. The van der Waals surface area contributed by atoms with E-state index in [1.165, 1.54) is 17.1 Å². The molecule has 0 aliphatic carbocycles. The van der Waals surface area contributed by atoms with E-state index in [1.54, 1.807) is 81.9 Å². The van der Waals surface area contributed by atoms with Crippen molar-refractivity contribution < 1.29 is 83.8 Å². The van der Waals surface area contributed by atoms with Gasteiger partial charge in [0.1, 0.15) is 72.2 Å². The number of sulfonamides is 1. The number of benzene rings is 6. The standard InChI is InChI=1S/C38H49N5O8S.C21H25N3O4.C18H27NO5S.C4H8O/c1-9-49-35(44)21-30(28-19-31-36(33(20-28)48-8)42(7)41-40-31)27-14-12-24(2)29(18-27)23-43-22-25(3)50-32-17-26(13-15-34(32)52(43,46)47)11-10-16-39-37(45)51-38(4,5)6;1-5-28-20(26)11-17(14-7-6-13(2)16(8-14)12-25)15-9-18-21(19(10-15)27-4)24(3)23-22-18;1-13-9-11-25(21,22)16-8-7-14(12-15(16)23-13)6-5-10-19-17(20)24-18(2,3)4;1-2-4-5-3-1/h12-15,17-20,25,30H,9-11,16,21-23H2,1-8H3,(H,39,45);6-10,17,25H,5,11-12H2,1-4H3;7-8,12-13H,5-6,9-11H2,1-4H3,(H,19,20);1-4H2/t25-,30+;17-;13-;/m101./s1. The fraction of sp³-hybridized carbons (Fsp3) is 0.506. The molecular formula is C81H109N9O18S2. The topological polar surface area (TPSA) is 329 Å². The van der Waals surface area contributed by atoms with Gasteiger partial charge in [0, 0.05) is 58.8 Å². The minimum atomic E-state index is -3.95. The summed E-state index contributed by atoms with van der Waals surface area (Å²) in [4.78, 5) is 49.2. The number of methoxy groups -OCH3 is 2. The van der Waals surface area contributed by atoms with E-state index in [1.807, 2.05) is 136 Å². The lowest BCUT2D eigenvalue weighted by Crippen LogP contribution is -2.35. The number of esters is 2. The Morgan fingerprint density at radius 2 is 1.05 bits per heavy atom. The summed E-state index contributed by atoms with van der Waals surface area (Å²) in [5, 5.41) is 31.8. The largest absolute Gasteiger partial charge is 0.494 e. The first-order chi connectivity index (χ1) is 52.1. The Bertz CT molecular complexity index is 4710. The number of fused-ring (bicyclic) bond motifs is 4. The van der Waals surface area contributed by atoms with Crippen LogP contribution in [0.25, 0.3) is 22.1 Å². The summed E-state index contributed by atoms with van der Waals surface area (Å²) in [6.45, 7) is 25.7. The molecule has 0 radical (unpaired) electrons. The Morgan fingerprint density at radius 3 is 1.50 bits per heavy atom. The lowest BCUT2D eigenvalue weighted by atomic mass is 9.86. The fourth-order valence-electron chi connectivity index (χ4n) is 12.8. The normalized spacial score (nSPS) is 16.3. The van der Waals surface area contributed by atoms with Gasteiger partial charge in [0.15, 0.2) is 9.84 Å². The third-order valence-electron chi connectivity index (χ3n) is 18.4. The summed E-state index contributed by atoms with van der Waals surface area (Å²) < 4.78 is 107. The highest BCUT2D eigenvalue weighted by atomic mass is 32.2. The Kier molecular flexibility index (Phi) is 30.5. The summed E-state index contributed by atoms with van der Waals surface area (Å²) in [7, 11) is -0.465. The molecule has 29 heteroatoms. The van der Waals surface area contributed by atoms with Gasteiger partial charge in [0.25, 0.3) is 0 Å². The monoisotopic (exact) mass is 1560 g/mol. The number of aryl methyl sites for hydroxylation is 6. The zero-order valence-electron chi connectivity index (χ0n) is 66.3. The van der Waals surface area contributed by atoms with Gasteiger partial charge in [0.2, 0.25) is 10.0 Å². The van der Waals surface area contributed by atoms with Crippen LogP contribution in [0.5, 0.6) is 23.0 Å². The minimum absolute atomic E-state index is 0.0572. The van der Waals surface area contributed by atoms with Crippen LogP contribution in [0.3, 0.4) is 0 Å². The number of rotatable bonds is 23. The third kappa shape index (κ3) is 24.0. The molecular weight excluding hydrogens is 1450 g/mol. The van der Waals surface area contributed by atoms with Crippen LogP contribution in [0.2, 0.25) is 0 Å². The van der Waals surface area contributed by atoms with Gasteiger partial charge in [-0.25, -0.2) is 35.8 Å². The van der Waals surface area contributed by atoms with Crippen LogP contribution in [0.1, 0.15) is 182 Å². The average molecular weight is 1560 g/mol. The summed E-state index contributed by atoms with van der Waals surface area (Å²) in [6, 6.07) is 29.7. The predicted octanol–water partition coefficient (Wildman–Crippen LogP) is 12.5. The average Bonchev–Trinajstić information content (AvgIpc) is 1.55. The van der Waals surface area contributed by atoms with Crippen LogP contribution in [-0.2, 0) is 93.2 Å². The maximum Gasteiger partial charge on any atom is 0.407 e. The molecule has 11 rings (SSSR count). The van der Waals surface area contributed by atoms with Gasteiger partial charge in [0.05, 0.1) is 65.3 Å². The molecule has 0 unspecified atom stereocenters. The van der Waals surface area contributed by atoms with Gasteiger partial charge >= 0.3 is 24.1 Å². The first kappa shape index (κ1) is 86.2. The number of sulfone groups is 1. The molecule has 3 aliphatic heterocycles. The number of carbonyl (C=O) groups excluding carboxylic acids is 4. The maximum atomic E-state index is 14.2. The van der Waals surface area contributed by atoms with E-state index in [2.05, 4.69) is 31.3 Å². The molecule has 27 nitrogen and oxygen atoms in total. The molecule has 4 atom stereocenters. The van der Waals surface area contributed by atoms with Gasteiger partial charge in [-0.05, 0) is 232 Å². The van der Waals surface area contributed by atoms with Gasteiger partial charge in [-0.2, -0.15) is 4.31 Å². The van der Waals surface area contributed by atoms with Crippen molar-refractivity contribution in [3.8, 4) is 23.0 Å². The van der Waals surface area contributed by atoms with Crippen LogP contribution in [0.15, 0.2) is 107 Å². The first-order valence-corrected chi connectivity index (χ1v) is 40.4. The van der Waals surface area contributed by atoms with E-state index in [0.29, 0.717) is 79.4 Å². The van der Waals surface area contributed by atoms with Crippen molar-refractivity contribution >= 4 is 66.1 Å². The van der Waals surface area contributed by atoms with E-state index in [9.17, 15) is 41.1 Å². The van der Waals surface area contributed by atoms with Gasteiger partial charge < -0.3 is 58.4 Å². The van der Waals surface area contributed by atoms with E-state index in [-0.39, 0.29) is 78.6 Å². The molecule has 598 valence electrons. The van der Waals surface area contributed by atoms with Crippen LogP contribution in [0.4, 0.5) is 9.59 Å². The second-order valence-electron chi connectivity index (χ2n) is 29.5. The molecule has 2 amide bonds. The van der Waals surface area contributed by atoms with E-state index < -0.39 is 55.3 Å². The second kappa shape index (κ2) is 39.0. The smallest absolute Gasteiger partial charge is 0.407 e. The zero-order chi connectivity index (χ0) is 80.3. The molecule has 0 bridgehead atoms. The van der Waals surface area contributed by atoms with Gasteiger partial charge in [-0.3, -0.25) is 9.59 Å². The molecule has 6 aromatic carbocycles. The number of alkyl carbamates (subject to hydrolysis) is 2. The second-order valence-corrected chi connectivity index (χ2v) is 33.5. The van der Waals surface area contributed by atoms with E-state index in [0.717, 1.165) is 86.3 Å². The van der Waals surface area contributed by atoms with Gasteiger partial charge in [-0.15, -0.1) is 10.2 Å². The molecule has 8 aromatic rings. The fourth-order valence-corrected chi connectivity index (χ4v) is 16.0. The van der Waals surface area contributed by atoms with Crippen molar-refractivity contribution in [1.82, 2.24) is 44.9 Å². The Hall–Kier alpha value is -9.42. The third-order valence-corrected chi connectivity index (χ3v) is 22.0. The number of aromatic nitrogens is 6. The van der Waals surface area contributed by atoms with E-state index in [4.69, 9.17) is 42.6 Å². The number of aliphatic hydroxyl groups is 1. The van der Waals surface area contributed by atoms with Crippen LogP contribution >= 0.6 is 0 Å². The number of carbonyl (C=O) groups is 4. The maximum absolute atomic E-state index is 14.2. The Labute approximate surface area is 646 Å². The zero-order valence-corrected chi connectivity index (χ0v) is 67.9. The molecule has 5 heterocycles. The highest BCUT2D eigenvalue weighted by molar-refractivity contribution is 7.91. The van der Waals surface area contributed by atoms with Crippen molar-refractivity contribution in [2.45, 2.75) is 199 Å². The number of amides is 2. The predicted molar refractivity (Wildman–Crippen MR) is 417 cm³/mol. The van der Waals surface area contributed by atoms with Crippen molar-refractivity contribution in [2.75, 3.05) is 66.0 Å². The lowest BCUT2D eigenvalue weighted by molar-refractivity contribution is -0.144. The summed E-state index contributed by atoms with van der Waals surface area (Å²) >= 11 is 0. The minimum Gasteiger partial charge on any atom is -0.494 e. The van der Waals surface area contributed by atoms with Crippen molar-refractivity contribution in [3.63, 3.8) is 0 Å². The van der Waals surface area contributed by atoms with Crippen LogP contribution < -0.4 is 29.6 Å². The molecule has 110 heavy (non-hydrogen) atoms. The SMILES string of the molecule is C1CCOC1.CCOC(=O)C[C@@H](c1ccc(C)c(CN2C[C@@H](C)Oc3cc(CCCNC(=O)OC(C)(C)C)ccc3S2(=O)=O)c1)c1cc(OC)c2c(c1)nnn2C.CCOC(=O)C[C@@H](c1ccc(C)c(CO)c1)c1cc(OC)c2c(c1)nnn2C.C[C@@H]1CCS(=O)(=O)c2ccc(CCCNC(=O)OC(C)(C)C)cc2O1. The summed E-state index contributed by atoms with van der Waals surface area (Å²) in [5.41, 5.74) is 10.6. The number of nitrogens with zero attached hydrogens (tertiary/aromatic N) is 7. The lowest BCUT2D eigenvalue weighted by Gasteiger charge is -2.24. The number of ether oxygens (including phenoxy) is 9. The van der Waals surface area contributed by atoms with Crippen LogP contribution in [0, 0.1) is 13.8 Å². The van der Waals surface area contributed by atoms with Gasteiger partial charge in [-0.1, -0.05) is 59.0 Å². The number of hydrogen-bond acceptors (Lipinski definition) is 22. The molecule has 2 aromatic heterocycles. The van der Waals surface area contributed by atoms with Crippen molar-refractivity contribution in [1.29, 1.82) is 0 Å². The highest BCUT2D eigenvalue weighted by Crippen LogP contribution is 2.40. The number of aliphatic hydroxyl groups excluding tert-OH is 1. The highest BCUT2D eigenvalue weighted by Gasteiger charge is 2.35. The van der Waals surface area contributed by atoms with Crippen LogP contribution in [-0.4, -0.2) is 170 Å².